The third-order valence-corrected chi connectivity index (χ3v) is 4.78. The lowest BCUT2D eigenvalue weighted by atomic mass is 10.4. The van der Waals surface area contributed by atoms with Gasteiger partial charge in [-0.25, -0.2) is 13.4 Å². The minimum atomic E-state index is -3.71. The third kappa shape index (κ3) is 3.65. The van der Waals surface area contributed by atoms with Gasteiger partial charge in [0.05, 0.1) is 12.3 Å². The third-order valence-electron chi connectivity index (χ3n) is 2.85. The zero-order valence-electron chi connectivity index (χ0n) is 11.5. The summed E-state index contributed by atoms with van der Waals surface area (Å²) in [6, 6.07) is 2.88. The Hall–Kier alpha value is -1.18. The quantitative estimate of drug-likeness (QED) is 0.779. The fourth-order valence-corrected chi connectivity index (χ4v) is 2.90. The predicted octanol–water partition coefficient (Wildman–Crippen LogP) is 0.905. The molecule has 7 heteroatoms. The lowest BCUT2D eigenvalue weighted by Crippen LogP contribution is -2.38. The van der Waals surface area contributed by atoms with E-state index in [0.717, 1.165) is 10.7 Å². The molecule has 108 valence electrons. The lowest BCUT2D eigenvalue weighted by molar-refractivity contribution is 0.213. The van der Waals surface area contributed by atoms with Crippen LogP contribution in [0.25, 0.3) is 0 Å². The molecule has 0 radical (unpaired) electrons. The number of hydrogen-bond acceptors (Lipinski definition) is 5. The van der Waals surface area contributed by atoms with Crippen molar-refractivity contribution in [1.82, 2.24) is 9.29 Å². The molecule has 0 aliphatic carbocycles. The highest BCUT2D eigenvalue weighted by molar-refractivity contribution is 7.89. The molecule has 2 N–H and O–H groups in total. The molecular weight excluding hydrogens is 266 g/mol. The van der Waals surface area contributed by atoms with Crippen LogP contribution in [0.4, 0.5) is 5.69 Å². The summed E-state index contributed by atoms with van der Waals surface area (Å²) < 4.78 is 26.0. The van der Waals surface area contributed by atoms with Crippen LogP contribution < -0.4 is 5.32 Å². The Balaban J connectivity index is 3.14. The van der Waals surface area contributed by atoms with Crippen molar-refractivity contribution in [3.8, 4) is 0 Å². The molecule has 1 atom stereocenters. The topological polar surface area (TPSA) is 82.5 Å². The van der Waals surface area contributed by atoms with Crippen molar-refractivity contribution >= 4 is 15.7 Å². The largest absolute Gasteiger partial charge is 0.395 e. The van der Waals surface area contributed by atoms with Crippen molar-refractivity contribution in [1.29, 1.82) is 0 Å². The molecule has 0 aromatic carbocycles. The summed E-state index contributed by atoms with van der Waals surface area (Å²) in [7, 11) is -2.27. The number of nitrogens with one attached hydrogen (secondary N) is 1. The number of pyridine rings is 1. The average molecular weight is 287 g/mol. The normalized spacial score (nSPS) is 13.5. The van der Waals surface area contributed by atoms with E-state index in [1.54, 1.807) is 19.1 Å². The minimum absolute atomic E-state index is 0.00810. The molecule has 1 rings (SSSR count). The molecule has 0 bridgehead atoms. The SMILES string of the molecule is CCCNc1cccnc1S(=O)(=O)N(C)C(C)CO. The molecule has 0 saturated heterocycles. The number of likely N-dealkylation sites (N-methyl/N-ethyl adjacent to an activating group) is 1. The first-order chi connectivity index (χ1) is 8.95. The van der Waals surface area contributed by atoms with Crippen LogP contribution in [0.1, 0.15) is 20.3 Å². The molecule has 19 heavy (non-hydrogen) atoms. The number of anilines is 1. The molecule has 1 aromatic heterocycles. The second-order valence-corrected chi connectivity index (χ2v) is 6.25. The van der Waals surface area contributed by atoms with E-state index in [9.17, 15) is 8.42 Å². The Kier molecular flexibility index (Phi) is 5.71. The van der Waals surface area contributed by atoms with Gasteiger partial charge in [0.1, 0.15) is 0 Å². The van der Waals surface area contributed by atoms with Gasteiger partial charge in [-0.1, -0.05) is 6.92 Å². The van der Waals surface area contributed by atoms with Crippen molar-refractivity contribution in [2.75, 3.05) is 25.5 Å². The molecule has 6 nitrogen and oxygen atoms in total. The lowest BCUT2D eigenvalue weighted by Gasteiger charge is -2.23. The van der Waals surface area contributed by atoms with Gasteiger partial charge in [0.25, 0.3) is 10.0 Å². The summed E-state index contributed by atoms with van der Waals surface area (Å²) >= 11 is 0. The maximum absolute atomic E-state index is 12.4. The zero-order valence-corrected chi connectivity index (χ0v) is 12.3. The van der Waals surface area contributed by atoms with Crippen LogP contribution in [0, 0.1) is 0 Å². The Bertz CT molecular complexity index is 505. The number of aromatic nitrogens is 1. The van der Waals surface area contributed by atoms with Crippen molar-refractivity contribution in [2.24, 2.45) is 0 Å². The van der Waals surface area contributed by atoms with E-state index >= 15 is 0 Å². The van der Waals surface area contributed by atoms with E-state index in [1.807, 2.05) is 6.92 Å². The highest BCUT2D eigenvalue weighted by Gasteiger charge is 2.28. The van der Waals surface area contributed by atoms with Crippen molar-refractivity contribution in [3.05, 3.63) is 18.3 Å². The van der Waals surface area contributed by atoms with Crippen LogP contribution in [0.15, 0.2) is 23.4 Å². The Labute approximate surface area is 114 Å². The van der Waals surface area contributed by atoms with Gasteiger partial charge in [0.2, 0.25) is 0 Å². The summed E-state index contributed by atoms with van der Waals surface area (Å²) in [5.41, 5.74) is 0.487. The van der Waals surface area contributed by atoms with Gasteiger partial charge in [0.15, 0.2) is 5.03 Å². The van der Waals surface area contributed by atoms with E-state index in [2.05, 4.69) is 10.3 Å². The van der Waals surface area contributed by atoms with Crippen LogP contribution in [0.2, 0.25) is 0 Å². The molecular formula is C12H21N3O3S. The molecule has 0 fully saturated rings. The smallest absolute Gasteiger partial charge is 0.262 e. The maximum Gasteiger partial charge on any atom is 0.262 e. The van der Waals surface area contributed by atoms with Crippen LogP contribution in [-0.4, -0.2) is 49.1 Å². The zero-order chi connectivity index (χ0) is 14.5. The molecule has 0 amide bonds. The van der Waals surface area contributed by atoms with Gasteiger partial charge in [0, 0.05) is 25.8 Å². The van der Waals surface area contributed by atoms with E-state index in [-0.39, 0.29) is 11.6 Å². The van der Waals surface area contributed by atoms with Gasteiger partial charge in [-0.3, -0.25) is 0 Å². The van der Waals surface area contributed by atoms with Crippen molar-refractivity contribution < 1.29 is 13.5 Å². The number of aliphatic hydroxyl groups is 1. The Morgan fingerprint density at radius 2 is 2.21 bits per heavy atom. The summed E-state index contributed by atoms with van der Waals surface area (Å²) in [4.78, 5) is 3.97. The second kappa shape index (κ2) is 6.83. The van der Waals surface area contributed by atoms with Gasteiger partial charge >= 0.3 is 0 Å². The maximum atomic E-state index is 12.4. The standard InChI is InChI=1S/C12H21N3O3S/c1-4-7-13-11-6-5-8-14-12(11)19(17,18)15(3)10(2)9-16/h5-6,8,10,13,16H,4,7,9H2,1-3H3. The fourth-order valence-electron chi connectivity index (χ4n) is 1.48. The molecule has 1 aromatic rings. The van der Waals surface area contributed by atoms with Gasteiger partial charge in [-0.2, -0.15) is 4.31 Å². The second-order valence-electron chi connectivity index (χ2n) is 4.34. The summed E-state index contributed by atoms with van der Waals surface area (Å²) in [5, 5.41) is 12.1. The number of hydrogen-bond donors (Lipinski definition) is 2. The van der Waals surface area contributed by atoms with Crippen molar-refractivity contribution in [3.63, 3.8) is 0 Å². The molecule has 1 unspecified atom stereocenters. The molecule has 0 aliphatic rings. The number of nitrogens with zero attached hydrogens (tertiary/aromatic N) is 2. The number of aliphatic hydroxyl groups excluding tert-OH is 1. The fraction of sp³-hybridized carbons (Fsp3) is 0.583. The first kappa shape index (κ1) is 15.9. The summed E-state index contributed by atoms with van der Waals surface area (Å²) in [6.07, 6.45) is 2.33. The van der Waals surface area contributed by atoms with Crippen molar-refractivity contribution in [2.45, 2.75) is 31.3 Å². The van der Waals surface area contributed by atoms with Gasteiger partial charge < -0.3 is 10.4 Å². The number of sulfonamides is 1. The number of rotatable bonds is 7. The minimum Gasteiger partial charge on any atom is -0.395 e. The van der Waals surface area contributed by atoms with E-state index in [4.69, 9.17) is 5.11 Å². The van der Waals surface area contributed by atoms with Crippen LogP contribution in [0.5, 0.6) is 0 Å². The molecule has 1 heterocycles. The van der Waals surface area contributed by atoms with Gasteiger partial charge in [-0.05, 0) is 25.5 Å². The van der Waals surface area contributed by atoms with E-state index < -0.39 is 16.1 Å². The first-order valence-electron chi connectivity index (χ1n) is 6.23. The summed E-state index contributed by atoms with van der Waals surface area (Å²) in [5.74, 6) is 0. The van der Waals surface area contributed by atoms with Crippen LogP contribution >= 0.6 is 0 Å². The monoisotopic (exact) mass is 287 g/mol. The Morgan fingerprint density at radius 3 is 2.79 bits per heavy atom. The Morgan fingerprint density at radius 1 is 1.53 bits per heavy atom. The van der Waals surface area contributed by atoms with E-state index in [0.29, 0.717) is 12.2 Å². The summed E-state index contributed by atoms with van der Waals surface area (Å²) in [6.45, 7) is 4.07. The highest BCUT2D eigenvalue weighted by Crippen LogP contribution is 2.22. The molecule has 0 spiro atoms. The molecule has 0 aliphatic heterocycles. The van der Waals surface area contributed by atoms with Crippen LogP contribution in [-0.2, 0) is 10.0 Å². The predicted molar refractivity (Wildman–Crippen MR) is 74.5 cm³/mol. The van der Waals surface area contributed by atoms with Crippen LogP contribution in [0.3, 0.4) is 0 Å². The average Bonchev–Trinajstić information content (AvgIpc) is 2.43. The first-order valence-corrected chi connectivity index (χ1v) is 7.67. The van der Waals surface area contributed by atoms with E-state index in [1.165, 1.54) is 13.2 Å². The van der Waals surface area contributed by atoms with Gasteiger partial charge in [-0.15, -0.1) is 0 Å². The molecule has 0 saturated carbocycles. The highest BCUT2D eigenvalue weighted by atomic mass is 32.2.